The summed E-state index contributed by atoms with van der Waals surface area (Å²) in [5.41, 5.74) is 0.412. The molecule has 0 unspecified atom stereocenters. The molecule has 1 aromatic carbocycles. The second-order valence-electron chi connectivity index (χ2n) is 7.90. The molecule has 2 fully saturated rings. The van der Waals surface area contributed by atoms with Crippen LogP contribution in [-0.4, -0.2) is 38.3 Å². The third-order valence-electron chi connectivity index (χ3n) is 5.83. The molecule has 1 aromatic rings. The highest BCUT2D eigenvalue weighted by Crippen LogP contribution is 2.29. The van der Waals surface area contributed by atoms with Crippen LogP contribution >= 0.6 is 23.2 Å². The first kappa shape index (κ1) is 21.9. The highest BCUT2D eigenvalue weighted by Gasteiger charge is 2.33. The molecular formula is C20H28Cl2N2O3S. The maximum atomic E-state index is 12.9. The van der Waals surface area contributed by atoms with Crippen molar-refractivity contribution in [1.29, 1.82) is 0 Å². The quantitative estimate of drug-likeness (QED) is 0.710. The number of carbonyl (C=O) groups excluding carboxylic acids is 1. The maximum Gasteiger partial charge on any atom is 0.224 e. The molecule has 0 radical (unpaired) electrons. The number of nitrogens with zero attached hydrogens (tertiary/aromatic N) is 1. The van der Waals surface area contributed by atoms with Crippen LogP contribution in [0.1, 0.15) is 50.5 Å². The lowest BCUT2D eigenvalue weighted by atomic mass is 9.89. The van der Waals surface area contributed by atoms with E-state index >= 15 is 0 Å². The molecule has 1 amide bonds. The summed E-state index contributed by atoms with van der Waals surface area (Å²) < 4.78 is 27.2. The molecular weight excluding hydrogens is 419 g/mol. The second-order valence-corrected chi connectivity index (χ2v) is 10.7. The Morgan fingerprint density at radius 2 is 1.75 bits per heavy atom. The molecule has 1 aliphatic carbocycles. The number of benzene rings is 1. The first-order valence-corrected chi connectivity index (χ1v) is 12.4. The number of nitrogens with one attached hydrogen (secondary N) is 1. The van der Waals surface area contributed by atoms with Crippen LogP contribution in [0.5, 0.6) is 0 Å². The first-order valence-electron chi connectivity index (χ1n) is 10.1. The maximum absolute atomic E-state index is 12.9. The van der Waals surface area contributed by atoms with Crippen LogP contribution in [0.2, 0.25) is 10.0 Å². The molecule has 1 N–H and O–H groups in total. The molecule has 1 saturated carbocycles. The smallest absolute Gasteiger partial charge is 0.224 e. The van der Waals surface area contributed by atoms with Gasteiger partial charge in [-0.05, 0) is 43.7 Å². The van der Waals surface area contributed by atoms with Crippen LogP contribution in [0, 0.1) is 11.8 Å². The summed E-state index contributed by atoms with van der Waals surface area (Å²) in [5, 5.41) is 3.74. The molecule has 1 atom stereocenters. The zero-order chi connectivity index (χ0) is 20.1. The number of halogens is 2. The van der Waals surface area contributed by atoms with Crippen molar-refractivity contribution in [2.75, 3.05) is 19.6 Å². The van der Waals surface area contributed by atoms with Gasteiger partial charge in [0.2, 0.25) is 15.9 Å². The Hall–Kier alpha value is -0.820. The molecule has 0 aromatic heterocycles. The van der Waals surface area contributed by atoms with Crippen molar-refractivity contribution in [2.24, 2.45) is 11.8 Å². The number of hydrogen-bond donors (Lipinski definition) is 1. The zero-order valence-electron chi connectivity index (χ0n) is 16.0. The van der Waals surface area contributed by atoms with Crippen molar-refractivity contribution >= 4 is 39.1 Å². The minimum atomic E-state index is -3.60. The molecule has 5 nitrogen and oxygen atoms in total. The van der Waals surface area contributed by atoms with Gasteiger partial charge in [0.15, 0.2) is 0 Å². The van der Waals surface area contributed by atoms with Gasteiger partial charge in [-0.1, -0.05) is 48.5 Å². The minimum Gasteiger partial charge on any atom is -0.356 e. The van der Waals surface area contributed by atoms with E-state index in [1.54, 1.807) is 18.2 Å². The van der Waals surface area contributed by atoms with E-state index < -0.39 is 10.0 Å². The van der Waals surface area contributed by atoms with Crippen molar-refractivity contribution in [3.63, 3.8) is 0 Å². The van der Waals surface area contributed by atoms with E-state index in [0.29, 0.717) is 41.0 Å². The van der Waals surface area contributed by atoms with Gasteiger partial charge in [-0.3, -0.25) is 4.79 Å². The standard InChI is InChI=1S/C20H28Cl2N2O3S/c21-18-9-4-10-19(22)17(18)14-28(26,27)24-11-5-8-16(13-24)20(25)23-12-15-6-2-1-3-7-15/h4,9-10,15-16H,1-3,5-8,11-14H2,(H,23,25)/t16-/m1/s1. The highest BCUT2D eigenvalue weighted by atomic mass is 35.5. The van der Waals surface area contributed by atoms with Gasteiger partial charge in [-0.25, -0.2) is 12.7 Å². The molecule has 1 heterocycles. The second kappa shape index (κ2) is 9.79. The van der Waals surface area contributed by atoms with Crippen molar-refractivity contribution in [1.82, 2.24) is 9.62 Å². The van der Waals surface area contributed by atoms with Gasteiger partial charge in [0, 0.05) is 35.2 Å². The molecule has 1 aliphatic heterocycles. The Morgan fingerprint density at radius 3 is 2.43 bits per heavy atom. The molecule has 1 saturated heterocycles. The fourth-order valence-electron chi connectivity index (χ4n) is 4.13. The van der Waals surface area contributed by atoms with Crippen LogP contribution < -0.4 is 5.32 Å². The topological polar surface area (TPSA) is 66.5 Å². The normalized spacial score (nSPS) is 22.1. The summed E-state index contributed by atoms with van der Waals surface area (Å²) >= 11 is 12.3. The van der Waals surface area contributed by atoms with Gasteiger partial charge in [-0.15, -0.1) is 0 Å². The Labute approximate surface area is 177 Å². The number of piperidine rings is 1. The lowest BCUT2D eigenvalue weighted by Crippen LogP contribution is -2.46. The van der Waals surface area contributed by atoms with Crippen molar-refractivity contribution < 1.29 is 13.2 Å². The predicted octanol–water partition coefficient (Wildman–Crippen LogP) is 4.23. The molecule has 156 valence electrons. The van der Waals surface area contributed by atoms with E-state index in [4.69, 9.17) is 23.2 Å². The molecule has 2 aliphatic rings. The van der Waals surface area contributed by atoms with Gasteiger partial charge in [-0.2, -0.15) is 0 Å². The number of amides is 1. The Morgan fingerprint density at radius 1 is 1.07 bits per heavy atom. The molecule has 3 rings (SSSR count). The molecule has 28 heavy (non-hydrogen) atoms. The Balaban J connectivity index is 1.59. The Kier molecular flexibility index (Phi) is 7.65. The zero-order valence-corrected chi connectivity index (χ0v) is 18.3. The predicted molar refractivity (Wildman–Crippen MR) is 113 cm³/mol. The molecule has 8 heteroatoms. The number of carbonyl (C=O) groups is 1. The molecule has 0 spiro atoms. The average Bonchev–Trinajstić information content (AvgIpc) is 2.70. The van der Waals surface area contributed by atoms with Crippen LogP contribution in [0.3, 0.4) is 0 Å². The highest BCUT2D eigenvalue weighted by molar-refractivity contribution is 7.88. The van der Waals surface area contributed by atoms with Gasteiger partial charge in [0.25, 0.3) is 0 Å². The average molecular weight is 447 g/mol. The largest absolute Gasteiger partial charge is 0.356 e. The lowest BCUT2D eigenvalue weighted by Gasteiger charge is -2.32. The summed E-state index contributed by atoms with van der Waals surface area (Å²) in [7, 11) is -3.60. The fraction of sp³-hybridized carbons (Fsp3) is 0.650. The third kappa shape index (κ3) is 5.62. The third-order valence-corrected chi connectivity index (χ3v) is 8.31. The van der Waals surface area contributed by atoms with Gasteiger partial charge in [0.05, 0.1) is 11.7 Å². The Bertz CT molecular complexity index is 774. The summed E-state index contributed by atoms with van der Waals surface area (Å²) in [6.07, 6.45) is 7.50. The SMILES string of the molecule is O=C(NCC1CCCCC1)[C@@H]1CCCN(S(=O)(=O)Cc2c(Cl)cccc2Cl)C1. The van der Waals surface area contributed by atoms with E-state index in [0.717, 1.165) is 6.42 Å². The van der Waals surface area contributed by atoms with Crippen LogP contribution in [0.4, 0.5) is 0 Å². The number of sulfonamides is 1. The monoisotopic (exact) mass is 446 g/mol. The summed E-state index contributed by atoms with van der Waals surface area (Å²) in [6.45, 7) is 1.36. The van der Waals surface area contributed by atoms with E-state index in [2.05, 4.69) is 5.32 Å². The van der Waals surface area contributed by atoms with Crippen LogP contribution in [0.25, 0.3) is 0 Å². The first-order chi connectivity index (χ1) is 13.4. The van der Waals surface area contributed by atoms with E-state index in [1.165, 1.54) is 36.4 Å². The summed E-state index contributed by atoms with van der Waals surface area (Å²) in [6, 6.07) is 4.96. The summed E-state index contributed by atoms with van der Waals surface area (Å²) in [5.74, 6) is -0.0133. The van der Waals surface area contributed by atoms with Crippen LogP contribution in [0.15, 0.2) is 18.2 Å². The van der Waals surface area contributed by atoms with E-state index in [1.807, 2.05) is 0 Å². The lowest BCUT2D eigenvalue weighted by molar-refractivity contribution is -0.126. The van der Waals surface area contributed by atoms with E-state index in [9.17, 15) is 13.2 Å². The van der Waals surface area contributed by atoms with E-state index in [-0.39, 0.29) is 24.1 Å². The van der Waals surface area contributed by atoms with Gasteiger partial charge < -0.3 is 5.32 Å². The fourth-order valence-corrected chi connectivity index (χ4v) is 6.50. The van der Waals surface area contributed by atoms with Gasteiger partial charge >= 0.3 is 0 Å². The van der Waals surface area contributed by atoms with Gasteiger partial charge in [0.1, 0.15) is 0 Å². The van der Waals surface area contributed by atoms with Crippen molar-refractivity contribution in [2.45, 2.75) is 50.7 Å². The minimum absolute atomic E-state index is 0.0266. The number of rotatable bonds is 6. The van der Waals surface area contributed by atoms with Crippen molar-refractivity contribution in [3.8, 4) is 0 Å². The summed E-state index contributed by atoms with van der Waals surface area (Å²) in [4.78, 5) is 12.6. The van der Waals surface area contributed by atoms with Crippen molar-refractivity contribution in [3.05, 3.63) is 33.8 Å². The van der Waals surface area contributed by atoms with Crippen LogP contribution in [-0.2, 0) is 20.6 Å². The number of hydrogen-bond acceptors (Lipinski definition) is 3. The molecule has 0 bridgehead atoms.